The van der Waals surface area contributed by atoms with Crippen molar-refractivity contribution < 1.29 is 0 Å². The van der Waals surface area contributed by atoms with Gasteiger partial charge in [0.25, 0.3) is 0 Å². The Balaban J connectivity index is 1.09. The summed E-state index contributed by atoms with van der Waals surface area (Å²) < 4.78 is 5.19. The molecule has 3 nitrogen and oxygen atoms in total. The van der Waals surface area contributed by atoms with Crippen LogP contribution >= 0.6 is 22.7 Å². The number of aromatic nitrogens is 3. The molecule has 0 amide bonds. The molecular weight excluding hydrogens is 767 g/mol. The predicted octanol–water partition coefficient (Wildman–Crippen LogP) is 15.8. The van der Waals surface area contributed by atoms with Crippen LogP contribution in [0, 0.1) is 0 Å². The van der Waals surface area contributed by atoms with E-state index in [2.05, 4.69) is 187 Å². The molecule has 0 atom stereocenters. The molecule has 0 saturated carbocycles. The topological polar surface area (TPSA) is 38.7 Å². The van der Waals surface area contributed by atoms with Crippen LogP contribution in [0.25, 0.3) is 118 Å². The van der Waals surface area contributed by atoms with Gasteiger partial charge in [-0.05, 0) is 117 Å². The molecule has 0 radical (unpaired) electrons. The Labute approximate surface area is 354 Å². The van der Waals surface area contributed by atoms with Crippen molar-refractivity contribution in [1.29, 1.82) is 0 Å². The molecule has 0 aliphatic heterocycles. The minimum absolute atomic E-state index is 0.672. The van der Waals surface area contributed by atoms with Crippen molar-refractivity contribution in [3.05, 3.63) is 200 Å². The number of pyridine rings is 1. The molecule has 0 spiro atoms. The van der Waals surface area contributed by atoms with E-state index in [1.807, 2.05) is 34.9 Å². The van der Waals surface area contributed by atoms with Gasteiger partial charge in [0, 0.05) is 75.0 Å². The maximum absolute atomic E-state index is 5.41. The van der Waals surface area contributed by atoms with Gasteiger partial charge in [-0.3, -0.25) is 4.98 Å². The molecule has 0 bridgehead atoms. The minimum Gasteiger partial charge on any atom is -0.264 e. The average molecular weight is 800 g/mol. The number of hydrogen-bond donors (Lipinski definition) is 0. The lowest BCUT2D eigenvalue weighted by Crippen LogP contribution is -1.97. The first-order valence-electron chi connectivity index (χ1n) is 20.0. The van der Waals surface area contributed by atoms with Crippen molar-refractivity contribution in [3.63, 3.8) is 0 Å². The van der Waals surface area contributed by atoms with E-state index in [1.165, 1.54) is 62.2 Å². The van der Waals surface area contributed by atoms with E-state index in [0.717, 1.165) is 50.3 Å². The van der Waals surface area contributed by atoms with Gasteiger partial charge in [-0.25, -0.2) is 9.97 Å². The summed E-state index contributed by atoms with van der Waals surface area (Å²) >= 11 is 3.70. The van der Waals surface area contributed by atoms with Crippen LogP contribution < -0.4 is 0 Å². The molecular formula is C55H33N3S2. The van der Waals surface area contributed by atoms with E-state index in [4.69, 9.17) is 9.97 Å². The normalized spacial score (nSPS) is 11.7. The van der Waals surface area contributed by atoms with Crippen LogP contribution in [0.2, 0.25) is 0 Å². The van der Waals surface area contributed by atoms with Gasteiger partial charge in [0.2, 0.25) is 0 Å². The molecule has 0 aliphatic carbocycles. The van der Waals surface area contributed by atoms with Crippen LogP contribution in [-0.4, -0.2) is 15.0 Å². The Morgan fingerprint density at radius 1 is 0.300 bits per heavy atom. The fourth-order valence-electron chi connectivity index (χ4n) is 8.51. The average Bonchev–Trinajstić information content (AvgIpc) is 3.89. The van der Waals surface area contributed by atoms with Crippen molar-refractivity contribution in [1.82, 2.24) is 15.0 Å². The van der Waals surface area contributed by atoms with Crippen LogP contribution in [0.1, 0.15) is 0 Å². The summed E-state index contributed by atoms with van der Waals surface area (Å²) in [6.45, 7) is 0. The molecule has 0 N–H and O–H groups in total. The van der Waals surface area contributed by atoms with E-state index in [-0.39, 0.29) is 0 Å². The van der Waals surface area contributed by atoms with Crippen LogP contribution in [0.4, 0.5) is 0 Å². The maximum Gasteiger partial charge on any atom is 0.160 e. The van der Waals surface area contributed by atoms with Gasteiger partial charge in [0.15, 0.2) is 5.82 Å². The van der Waals surface area contributed by atoms with Gasteiger partial charge in [-0.2, -0.15) is 0 Å². The van der Waals surface area contributed by atoms with Crippen LogP contribution in [0.15, 0.2) is 200 Å². The number of fused-ring (bicyclic) bond motifs is 7. The fourth-order valence-corrected chi connectivity index (χ4v) is 10.7. The van der Waals surface area contributed by atoms with Crippen molar-refractivity contribution in [2.24, 2.45) is 0 Å². The minimum atomic E-state index is 0.672. The fraction of sp³-hybridized carbons (Fsp3) is 0. The molecule has 0 unspecified atom stereocenters. The SMILES string of the molecule is c1cncc(-c2cccc(-c3nc(-c4cc(-c5ccc6sc7ccccc7c6c5)cc(-c5ccc6sc7ccccc7c6c5)c4)cc(-c4ccc5ccccc5c4)n3)c2)c1. The molecule has 4 aromatic heterocycles. The van der Waals surface area contributed by atoms with Crippen molar-refractivity contribution in [2.75, 3.05) is 0 Å². The van der Waals surface area contributed by atoms with Gasteiger partial charge < -0.3 is 0 Å². The third-order valence-electron chi connectivity index (χ3n) is 11.5. The second kappa shape index (κ2) is 14.2. The zero-order valence-corrected chi connectivity index (χ0v) is 33.8. The highest BCUT2D eigenvalue weighted by atomic mass is 32.1. The molecule has 0 saturated heterocycles. The molecule has 8 aromatic carbocycles. The first-order chi connectivity index (χ1) is 29.7. The second-order valence-corrected chi connectivity index (χ2v) is 17.4. The molecule has 12 rings (SSSR count). The standard InChI is InChI=1S/C55H33N3S2/c1-2-10-35-25-39(19-18-34(35)9-1)49-32-50(58-55(57-49)40-12-7-11-36(26-40)41-13-8-24-56-33-41)44-28-42(37-20-22-53-47(30-37)45-14-3-5-16-51(45)59-53)27-43(29-44)38-21-23-54-48(31-38)46-15-4-6-17-52(46)60-54/h1-33H. The summed E-state index contributed by atoms with van der Waals surface area (Å²) in [5.74, 6) is 0.672. The molecule has 60 heavy (non-hydrogen) atoms. The van der Waals surface area contributed by atoms with E-state index < -0.39 is 0 Å². The number of thiophene rings is 2. The van der Waals surface area contributed by atoms with Crippen LogP contribution in [0.5, 0.6) is 0 Å². The zero-order valence-electron chi connectivity index (χ0n) is 32.2. The van der Waals surface area contributed by atoms with Crippen molar-refractivity contribution in [3.8, 4) is 67.3 Å². The summed E-state index contributed by atoms with van der Waals surface area (Å²) in [5.41, 5.74) is 11.5. The second-order valence-electron chi connectivity index (χ2n) is 15.3. The number of benzene rings is 8. The summed E-state index contributed by atoms with van der Waals surface area (Å²) in [6.07, 6.45) is 3.70. The first kappa shape index (κ1) is 34.7. The first-order valence-corrected chi connectivity index (χ1v) is 21.7. The Hall–Kier alpha value is -7.31. The summed E-state index contributed by atoms with van der Waals surface area (Å²) in [4.78, 5) is 15.1. The lowest BCUT2D eigenvalue weighted by molar-refractivity contribution is 1.18. The highest BCUT2D eigenvalue weighted by Crippen LogP contribution is 2.41. The zero-order chi connectivity index (χ0) is 39.6. The van der Waals surface area contributed by atoms with Gasteiger partial charge in [0.05, 0.1) is 11.4 Å². The molecule has 5 heteroatoms. The Kier molecular flexibility index (Phi) is 8.22. The highest BCUT2D eigenvalue weighted by Gasteiger charge is 2.16. The number of nitrogens with zero attached hydrogens (tertiary/aromatic N) is 3. The van der Waals surface area contributed by atoms with Crippen molar-refractivity contribution >= 4 is 73.8 Å². The van der Waals surface area contributed by atoms with Crippen LogP contribution in [-0.2, 0) is 0 Å². The van der Waals surface area contributed by atoms with Gasteiger partial charge in [0.1, 0.15) is 0 Å². The van der Waals surface area contributed by atoms with Gasteiger partial charge in [-0.1, -0.05) is 109 Å². The molecule has 280 valence electrons. The Bertz CT molecular complexity index is 3490. The quantitative estimate of drug-likeness (QED) is 0.168. The smallest absolute Gasteiger partial charge is 0.160 e. The highest BCUT2D eigenvalue weighted by molar-refractivity contribution is 7.26. The Morgan fingerprint density at radius 3 is 1.52 bits per heavy atom. The van der Waals surface area contributed by atoms with E-state index >= 15 is 0 Å². The monoisotopic (exact) mass is 799 g/mol. The molecule has 0 aliphatic rings. The molecule has 4 heterocycles. The molecule has 12 aromatic rings. The van der Waals surface area contributed by atoms with Gasteiger partial charge in [-0.15, -0.1) is 22.7 Å². The van der Waals surface area contributed by atoms with Crippen molar-refractivity contribution in [2.45, 2.75) is 0 Å². The Morgan fingerprint density at radius 2 is 0.833 bits per heavy atom. The third kappa shape index (κ3) is 6.15. The number of rotatable bonds is 6. The summed E-state index contributed by atoms with van der Waals surface area (Å²) in [7, 11) is 0. The number of hydrogen-bond acceptors (Lipinski definition) is 5. The largest absolute Gasteiger partial charge is 0.264 e. The van der Waals surface area contributed by atoms with E-state index in [0.29, 0.717) is 5.82 Å². The lowest BCUT2D eigenvalue weighted by Gasteiger charge is -2.14. The van der Waals surface area contributed by atoms with Gasteiger partial charge >= 0.3 is 0 Å². The predicted molar refractivity (Wildman–Crippen MR) is 256 cm³/mol. The van der Waals surface area contributed by atoms with E-state index in [9.17, 15) is 0 Å². The summed E-state index contributed by atoms with van der Waals surface area (Å²) in [5, 5.41) is 7.51. The van der Waals surface area contributed by atoms with Crippen LogP contribution in [0.3, 0.4) is 0 Å². The van der Waals surface area contributed by atoms with E-state index in [1.54, 1.807) is 6.20 Å². The lowest BCUT2D eigenvalue weighted by atomic mass is 9.93. The molecule has 0 fully saturated rings. The summed E-state index contributed by atoms with van der Waals surface area (Å²) in [6, 6.07) is 68.0. The third-order valence-corrected chi connectivity index (χ3v) is 13.8. The maximum atomic E-state index is 5.41.